The van der Waals surface area contributed by atoms with Crippen LogP contribution in [0.4, 0.5) is 0 Å². The molecule has 1 heterocycles. The first-order valence-electron chi connectivity index (χ1n) is 7.52. The van der Waals surface area contributed by atoms with Gasteiger partial charge >= 0.3 is 0 Å². The predicted octanol–water partition coefficient (Wildman–Crippen LogP) is 5.66. The maximum absolute atomic E-state index is 6.40. The van der Waals surface area contributed by atoms with Gasteiger partial charge in [0.1, 0.15) is 0 Å². The highest BCUT2D eigenvalue weighted by Gasteiger charge is 2.38. The van der Waals surface area contributed by atoms with Crippen LogP contribution in [0.1, 0.15) is 63.8 Å². The standard InChI is InChI=1S/C16H26ClNS/c1-4-10-18-14(15-13(17)8-11-19-15)12-7-5-6-9-16(12,2)3/h8,11-12,14,18H,4-7,9-10H2,1-3H3. The maximum Gasteiger partial charge on any atom is 0.0561 e. The van der Waals surface area contributed by atoms with Gasteiger partial charge in [0.25, 0.3) is 0 Å². The fourth-order valence-electron chi connectivity index (χ4n) is 3.38. The minimum absolute atomic E-state index is 0.414. The van der Waals surface area contributed by atoms with Crippen molar-refractivity contribution in [2.24, 2.45) is 11.3 Å². The molecule has 2 atom stereocenters. The van der Waals surface area contributed by atoms with Gasteiger partial charge in [-0.1, -0.05) is 45.2 Å². The average Bonchev–Trinajstić information content (AvgIpc) is 2.78. The molecule has 0 amide bonds. The quantitative estimate of drug-likeness (QED) is 0.740. The van der Waals surface area contributed by atoms with E-state index in [4.69, 9.17) is 11.6 Å². The van der Waals surface area contributed by atoms with Crippen molar-refractivity contribution in [1.82, 2.24) is 5.32 Å². The molecule has 1 fully saturated rings. The Morgan fingerprint density at radius 2 is 2.26 bits per heavy atom. The predicted molar refractivity (Wildman–Crippen MR) is 86.1 cm³/mol. The van der Waals surface area contributed by atoms with Gasteiger partial charge in [0.15, 0.2) is 0 Å². The zero-order chi connectivity index (χ0) is 13.9. The molecule has 1 nitrogen and oxygen atoms in total. The van der Waals surface area contributed by atoms with Crippen LogP contribution in [0.2, 0.25) is 5.02 Å². The Balaban J connectivity index is 2.24. The summed E-state index contributed by atoms with van der Waals surface area (Å²) in [5.41, 5.74) is 0.414. The summed E-state index contributed by atoms with van der Waals surface area (Å²) in [6, 6.07) is 2.47. The highest BCUT2D eigenvalue weighted by atomic mass is 35.5. The lowest BCUT2D eigenvalue weighted by Gasteiger charge is -2.43. The molecule has 1 aromatic rings. The molecular formula is C16H26ClNS. The number of rotatable bonds is 5. The average molecular weight is 300 g/mol. The second-order valence-corrected chi connectivity index (χ2v) is 7.76. The summed E-state index contributed by atoms with van der Waals surface area (Å²) >= 11 is 8.20. The molecule has 108 valence electrons. The second kappa shape index (κ2) is 6.60. The van der Waals surface area contributed by atoms with E-state index in [0.29, 0.717) is 17.4 Å². The number of hydrogen-bond donors (Lipinski definition) is 1. The minimum Gasteiger partial charge on any atom is -0.309 e. The summed E-state index contributed by atoms with van der Waals surface area (Å²) in [5, 5.41) is 6.83. The van der Waals surface area contributed by atoms with Crippen LogP contribution >= 0.6 is 22.9 Å². The van der Waals surface area contributed by atoms with E-state index in [0.717, 1.165) is 11.6 Å². The molecule has 19 heavy (non-hydrogen) atoms. The van der Waals surface area contributed by atoms with E-state index in [1.165, 1.54) is 37.0 Å². The fraction of sp³-hybridized carbons (Fsp3) is 0.750. The van der Waals surface area contributed by atoms with Crippen LogP contribution in [0.3, 0.4) is 0 Å². The summed E-state index contributed by atoms with van der Waals surface area (Å²) in [7, 11) is 0. The zero-order valence-electron chi connectivity index (χ0n) is 12.3. The Kier molecular flexibility index (Phi) is 5.33. The van der Waals surface area contributed by atoms with Gasteiger partial charge in [0.2, 0.25) is 0 Å². The Morgan fingerprint density at radius 1 is 1.47 bits per heavy atom. The van der Waals surface area contributed by atoms with E-state index >= 15 is 0 Å². The molecule has 1 aliphatic rings. The minimum atomic E-state index is 0.414. The lowest BCUT2D eigenvalue weighted by Crippen LogP contribution is -2.39. The molecule has 1 aliphatic carbocycles. The molecule has 0 spiro atoms. The Morgan fingerprint density at radius 3 is 2.84 bits per heavy atom. The van der Waals surface area contributed by atoms with E-state index < -0.39 is 0 Å². The van der Waals surface area contributed by atoms with Crippen molar-refractivity contribution < 1.29 is 0 Å². The molecule has 0 bridgehead atoms. The molecule has 1 aromatic heterocycles. The van der Waals surface area contributed by atoms with Gasteiger partial charge in [-0.2, -0.15) is 0 Å². The molecule has 0 saturated heterocycles. The largest absolute Gasteiger partial charge is 0.309 e. The van der Waals surface area contributed by atoms with Crippen LogP contribution in [0.15, 0.2) is 11.4 Å². The molecular weight excluding hydrogens is 274 g/mol. The molecule has 0 aromatic carbocycles. The molecule has 1 saturated carbocycles. The lowest BCUT2D eigenvalue weighted by atomic mass is 9.65. The summed E-state index contributed by atoms with van der Waals surface area (Å²) in [5.74, 6) is 0.698. The summed E-state index contributed by atoms with van der Waals surface area (Å²) in [4.78, 5) is 1.34. The van der Waals surface area contributed by atoms with Crippen LogP contribution in [0.5, 0.6) is 0 Å². The molecule has 0 aliphatic heterocycles. The van der Waals surface area contributed by atoms with Crippen LogP contribution in [-0.4, -0.2) is 6.54 Å². The number of hydrogen-bond acceptors (Lipinski definition) is 2. The summed E-state index contributed by atoms with van der Waals surface area (Å²) in [6.45, 7) is 8.16. The number of halogens is 1. The summed E-state index contributed by atoms with van der Waals surface area (Å²) < 4.78 is 0. The van der Waals surface area contributed by atoms with E-state index in [-0.39, 0.29) is 0 Å². The normalized spacial score (nSPS) is 24.3. The van der Waals surface area contributed by atoms with Gasteiger partial charge in [-0.3, -0.25) is 0 Å². The fourth-order valence-corrected chi connectivity index (χ4v) is 4.70. The van der Waals surface area contributed by atoms with Crippen molar-refractivity contribution in [3.05, 3.63) is 21.3 Å². The molecule has 3 heteroatoms. The van der Waals surface area contributed by atoms with Gasteiger partial charge in [-0.15, -0.1) is 11.3 Å². The number of nitrogens with one attached hydrogen (secondary N) is 1. The van der Waals surface area contributed by atoms with Gasteiger partial charge in [-0.05, 0) is 48.6 Å². The first kappa shape index (κ1) is 15.3. The van der Waals surface area contributed by atoms with Crippen LogP contribution < -0.4 is 5.32 Å². The molecule has 1 N–H and O–H groups in total. The van der Waals surface area contributed by atoms with Crippen molar-refractivity contribution in [3.8, 4) is 0 Å². The van der Waals surface area contributed by atoms with Crippen LogP contribution in [-0.2, 0) is 0 Å². The topological polar surface area (TPSA) is 12.0 Å². The molecule has 0 radical (unpaired) electrons. The number of thiophene rings is 1. The molecule has 2 unspecified atom stereocenters. The SMILES string of the molecule is CCCNC(c1sccc1Cl)C1CCCCC1(C)C. The third-order valence-electron chi connectivity index (χ3n) is 4.53. The smallest absolute Gasteiger partial charge is 0.0561 e. The van der Waals surface area contributed by atoms with Crippen molar-refractivity contribution in [2.45, 2.75) is 58.9 Å². The van der Waals surface area contributed by atoms with Crippen molar-refractivity contribution >= 4 is 22.9 Å². The summed E-state index contributed by atoms with van der Waals surface area (Å²) in [6.07, 6.45) is 6.57. The Bertz CT molecular complexity index is 399. The van der Waals surface area contributed by atoms with Crippen molar-refractivity contribution in [1.29, 1.82) is 0 Å². The first-order chi connectivity index (χ1) is 9.06. The van der Waals surface area contributed by atoms with Gasteiger partial charge in [0, 0.05) is 10.9 Å². The monoisotopic (exact) mass is 299 g/mol. The van der Waals surface area contributed by atoms with Crippen molar-refractivity contribution in [3.63, 3.8) is 0 Å². The Hall–Kier alpha value is -0.0500. The van der Waals surface area contributed by atoms with Gasteiger partial charge in [-0.25, -0.2) is 0 Å². The maximum atomic E-state index is 6.40. The Labute approximate surface area is 126 Å². The van der Waals surface area contributed by atoms with Gasteiger partial charge in [0.05, 0.1) is 5.02 Å². The van der Waals surface area contributed by atoms with Crippen LogP contribution in [0, 0.1) is 11.3 Å². The highest BCUT2D eigenvalue weighted by molar-refractivity contribution is 7.10. The third-order valence-corrected chi connectivity index (χ3v) is 5.98. The van der Waals surface area contributed by atoms with E-state index in [1.54, 1.807) is 0 Å². The second-order valence-electron chi connectivity index (χ2n) is 6.41. The van der Waals surface area contributed by atoms with E-state index in [1.807, 2.05) is 17.4 Å². The lowest BCUT2D eigenvalue weighted by molar-refractivity contribution is 0.0995. The van der Waals surface area contributed by atoms with Crippen molar-refractivity contribution in [2.75, 3.05) is 6.54 Å². The van der Waals surface area contributed by atoms with Crippen LogP contribution in [0.25, 0.3) is 0 Å². The third kappa shape index (κ3) is 3.53. The van der Waals surface area contributed by atoms with E-state index in [2.05, 4.69) is 31.5 Å². The first-order valence-corrected chi connectivity index (χ1v) is 8.78. The molecule has 2 rings (SSSR count). The zero-order valence-corrected chi connectivity index (χ0v) is 13.9. The van der Waals surface area contributed by atoms with E-state index in [9.17, 15) is 0 Å². The van der Waals surface area contributed by atoms with Gasteiger partial charge < -0.3 is 5.32 Å². The highest BCUT2D eigenvalue weighted by Crippen LogP contribution is 2.48.